The molecular weight excluding hydrogens is 529 g/mol. The summed E-state index contributed by atoms with van der Waals surface area (Å²) in [5.41, 5.74) is 2.58. The van der Waals surface area contributed by atoms with Crippen LogP contribution in [-0.4, -0.2) is 48.7 Å². The molecule has 1 aliphatic rings. The number of hydrogen-bond donors (Lipinski definition) is 1. The van der Waals surface area contributed by atoms with E-state index in [1.807, 2.05) is 0 Å². The molecule has 0 bridgehead atoms. The van der Waals surface area contributed by atoms with Gasteiger partial charge in [0, 0.05) is 62.3 Å². The van der Waals surface area contributed by atoms with Crippen molar-refractivity contribution in [2.24, 2.45) is 18.0 Å². The van der Waals surface area contributed by atoms with Crippen molar-refractivity contribution in [2.75, 3.05) is 38.1 Å². The number of hydrogen-bond acceptors (Lipinski definition) is 2. The third-order valence-corrected chi connectivity index (χ3v) is 5.51. The van der Waals surface area contributed by atoms with Crippen LogP contribution in [0.5, 0.6) is 0 Å². The second kappa shape index (κ2) is 11.1. The minimum absolute atomic E-state index is 0. The minimum atomic E-state index is 0. The van der Waals surface area contributed by atoms with Crippen LogP contribution in [0.3, 0.4) is 0 Å². The molecular formula is C21H31BrIN5. The molecule has 28 heavy (non-hydrogen) atoms. The Morgan fingerprint density at radius 1 is 1.32 bits per heavy atom. The molecule has 0 amide bonds. The van der Waals surface area contributed by atoms with E-state index in [9.17, 15) is 0 Å². The van der Waals surface area contributed by atoms with E-state index in [1.165, 1.54) is 17.8 Å². The van der Waals surface area contributed by atoms with Crippen molar-refractivity contribution in [1.29, 1.82) is 0 Å². The average Bonchev–Trinajstić information content (AvgIpc) is 3.25. The molecule has 7 heteroatoms. The van der Waals surface area contributed by atoms with E-state index in [4.69, 9.17) is 4.99 Å². The van der Waals surface area contributed by atoms with Gasteiger partial charge in [-0.3, -0.25) is 4.99 Å². The van der Waals surface area contributed by atoms with E-state index < -0.39 is 0 Å². The molecule has 3 rings (SSSR count). The maximum absolute atomic E-state index is 4.94. The molecule has 0 saturated carbocycles. The Bertz CT molecular complexity index is 761. The van der Waals surface area contributed by atoms with E-state index >= 15 is 0 Å². The zero-order valence-corrected chi connectivity index (χ0v) is 20.9. The lowest BCUT2D eigenvalue weighted by atomic mass is 10.1. The zero-order chi connectivity index (χ0) is 19.2. The van der Waals surface area contributed by atoms with E-state index in [0.29, 0.717) is 5.92 Å². The summed E-state index contributed by atoms with van der Waals surface area (Å²) in [6, 6.07) is 12.9. The van der Waals surface area contributed by atoms with Crippen LogP contribution in [0.1, 0.15) is 19.0 Å². The summed E-state index contributed by atoms with van der Waals surface area (Å²) in [5.74, 6) is 1.59. The number of aromatic nitrogens is 1. The molecule has 1 fully saturated rings. The van der Waals surface area contributed by atoms with E-state index in [1.54, 1.807) is 0 Å². The number of guanidine groups is 1. The molecule has 0 spiro atoms. The van der Waals surface area contributed by atoms with Crippen LogP contribution in [0.2, 0.25) is 0 Å². The standard InChI is InChI=1S/C21H30BrN5.HI/c1-4-23-21(26(3)16-20-12-18(22)15-25(20)2)24-13-17-10-11-27(14-17)19-8-6-5-7-9-19;/h5-9,12,15,17H,4,10-11,13-14,16H2,1-3H3,(H,23,24);1H. The lowest BCUT2D eigenvalue weighted by molar-refractivity contribution is 0.458. The normalized spacial score (nSPS) is 16.8. The van der Waals surface area contributed by atoms with Crippen molar-refractivity contribution in [1.82, 2.24) is 14.8 Å². The molecule has 1 aromatic carbocycles. The lowest BCUT2D eigenvalue weighted by Crippen LogP contribution is -2.39. The summed E-state index contributed by atoms with van der Waals surface area (Å²) in [4.78, 5) is 9.61. The van der Waals surface area contributed by atoms with Crippen molar-refractivity contribution in [3.8, 4) is 0 Å². The lowest BCUT2D eigenvalue weighted by Gasteiger charge is -2.23. The number of para-hydroxylation sites is 1. The molecule has 1 unspecified atom stereocenters. The van der Waals surface area contributed by atoms with Gasteiger partial charge in [0.1, 0.15) is 0 Å². The second-order valence-electron chi connectivity index (χ2n) is 7.25. The first kappa shape index (κ1) is 23.1. The fraction of sp³-hybridized carbons (Fsp3) is 0.476. The highest BCUT2D eigenvalue weighted by atomic mass is 127. The van der Waals surface area contributed by atoms with Gasteiger partial charge >= 0.3 is 0 Å². The number of halogens is 2. The van der Waals surface area contributed by atoms with E-state index in [-0.39, 0.29) is 24.0 Å². The molecule has 2 heterocycles. The quantitative estimate of drug-likeness (QED) is 0.325. The van der Waals surface area contributed by atoms with Gasteiger partial charge in [-0.2, -0.15) is 0 Å². The Morgan fingerprint density at radius 2 is 2.07 bits per heavy atom. The van der Waals surface area contributed by atoms with Crippen molar-refractivity contribution < 1.29 is 0 Å². The van der Waals surface area contributed by atoms with Crippen LogP contribution in [0, 0.1) is 5.92 Å². The average molecular weight is 560 g/mol. The van der Waals surface area contributed by atoms with Crippen molar-refractivity contribution in [2.45, 2.75) is 19.9 Å². The van der Waals surface area contributed by atoms with Crippen molar-refractivity contribution in [3.63, 3.8) is 0 Å². The Hall–Kier alpha value is -1.22. The minimum Gasteiger partial charge on any atom is -0.371 e. The smallest absolute Gasteiger partial charge is 0.194 e. The van der Waals surface area contributed by atoms with Gasteiger partial charge in [0.15, 0.2) is 5.96 Å². The SMILES string of the molecule is CCNC(=NCC1CCN(c2ccccc2)C1)N(C)Cc1cc(Br)cn1C.I. The van der Waals surface area contributed by atoms with Gasteiger partial charge in [-0.25, -0.2) is 0 Å². The molecule has 154 valence electrons. The van der Waals surface area contributed by atoms with E-state index in [0.717, 1.165) is 43.2 Å². The van der Waals surface area contributed by atoms with E-state index in [2.05, 4.69) is 99.2 Å². The summed E-state index contributed by atoms with van der Waals surface area (Å²) >= 11 is 3.55. The van der Waals surface area contributed by atoms with Crippen LogP contribution in [0.15, 0.2) is 52.1 Å². The van der Waals surface area contributed by atoms with Crippen LogP contribution in [0.25, 0.3) is 0 Å². The Labute approximate surface area is 194 Å². The monoisotopic (exact) mass is 559 g/mol. The molecule has 0 aliphatic carbocycles. The van der Waals surface area contributed by atoms with Gasteiger partial charge < -0.3 is 19.7 Å². The Morgan fingerprint density at radius 3 is 2.71 bits per heavy atom. The van der Waals surface area contributed by atoms with Gasteiger partial charge in [0.2, 0.25) is 0 Å². The number of aryl methyl sites for hydroxylation is 1. The predicted octanol–water partition coefficient (Wildman–Crippen LogP) is 4.33. The summed E-state index contributed by atoms with van der Waals surface area (Å²) in [6.07, 6.45) is 3.29. The highest BCUT2D eigenvalue weighted by Gasteiger charge is 2.22. The number of benzene rings is 1. The largest absolute Gasteiger partial charge is 0.371 e. The second-order valence-corrected chi connectivity index (χ2v) is 8.16. The number of nitrogens with one attached hydrogen (secondary N) is 1. The first-order valence-electron chi connectivity index (χ1n) is 9.67. The summed E-state index contributed by atoms with van der Waals surface area (Å²) in [7, 11) is 4.18. The van der Waals surface area contributed by atoms with Crippen LogP contribution < -0.4 is 10.2 Å². The molecule has 1 atom stereocenters. The maximum atomic E-state index is 4.94. The summed E-state index contributed by atoms with van der Waals surface area (Å²) in [5, 5.41) is 3.44. The third-order valence-electron chi connectivity index (χ3n) is 5.08. The number of aliphatic imine (C=N–C) groups is 1. The van der Waals surface area contributed by atoms with Gasteiger partial charge in [-0.15, -0.1) is 24.0 Å². The molecule has 5 nitrogen and oxygen atoms in total. The van der Waals surface area contributed by atoms with Gasteiger partial charge in [0.05, 0.1) is 6.54 Å². The van der Waals surface area contributed by atoms with Crippen LogP contribution >= 0.6 is 39.9 Å². The fourth-order valence-electron chi connectivity index (χ4n) is 3.58. The summed E-state index contributed by atoms with van der Waals surface area (Å²) in [6.45, 7) is 6.90. The Kier molecular flexibility index (Phi) is 9.14. The zero-order valence-electron chi connectivity index (χ0n) is 16.9. The van der Waals surface area contributed by atoms with Crippen molar-refractivity contribution in [3.05, 3.63) is 52.8 Å². The van der Waals surface area contributed by atoms with Gasteiger partial charge in [-0.05, 0) is 53.4 Å². The predicted molar refractivity (Wildman–Crippen MR) is 133 cm³/mol. The van der Waals surface area contributed by atoms with Crippen LogP contribution in [-0.2, 0) is 13.6 Å². The maximum Gasteiger partial charge on any atom is 0.194 e. The highest BCUT2D eigenvalue weighted by molar-refractivity contribution is 14.0. The molecule has 1 aromatic heterocycles. The molecule has 1 saturated heterocycles. The van der Waals surface area contributed by atoms with Gasteiger partial charge in [0.25, 0.3) is 0 Å². The fourth-order valence-corrected chi connectivity index (χ4v) is 4.15. The first-order valence-corrected chi connectivity index (χ1v) is 10.5. The molecule has 1 N–H and O–H groups in total. The van der Waals surface area contributed by atoms with Crippen LogP contribution in [0.4, 0.5) is 5.69 Å². The number of nitrogens with zero attached hydrogens (tertiary/aromatic N) is 4. The topological polar surface area (TPSA) is 35.8 Å². The van der Waals surface area contributed by atoms with Crippen molar-refractivity contribution >= 4 is 51.6 Å². The highest BCUT2D eigenvalue weighted by Crippen LogP contribution is 2.23. The summed E-state index contributed by atoms with van der Waals surface area (Å²) < 4.78 is 3.26. The first-order chi connectivity index (χ1) is 13.1. The molecule has 0 radical (unpaired) electrons. The number of anilines is 1. The molecule has 2 aromatic rings. The number of rotatable bonds is 6. The third kappa shape index (κ3) is 6.14. The van der Waals surface area contributed by atoms with Gasteiger partial charge in [-0.1, -0.05) is 18.2 Å². The Balaban J connectivity index is 0.00000280. The molecule has 1 aliphatic heterocycles.